The second-order valence-electron chi connectivity index (χ2n) is 22.5. The Morgan fingerprint density at radius 3 is 1.45 bits per heavy atom. The predicted octanol–water partition coefficient (Wildman–Crippen LogP) is 13.3. The molecule has 0 unspecified atom stereocenters. The molecule has 315 valence electrons. The number of hydrogen-bond donors (Lipinski definition) is 1. The van der Waals surface area contributed by atoms with Gasteiger partial charge in [0, 0.05) is 0 Å². The van der Waals surface area contributed by atoms with Crippen LogP contribution < -0.4 is 15.0 Å². The summed E-state index contributed by atoms with van der Waals surface area (Å²) in [6.07, 6.45) is 13.0. The van der Waals surface area contributed by atoms with Crippen molar-refractivity contribution in [1.29, 1.82) is 0 Å². The first kappa shape index (κ1) is 48.9. The zero-order valence-electron chi connectivity index (χ0n) is 39.7. The maximum atomic E-state index is 6.02. The zero-order valence-corrected chi connectivity index (χ0v) is 42.7. The molecule has 0 bridgehead atoms. The van der Waals surface area contributed by atoms with Gasteiger partial charge in [0.05, 0.1) is 0 Å². The van der Waals surface area contributed by atoms with E-state index in [2.05, 4.69) is 154 Å². The summed E-state index contributed by atoms with van der Waals surface area (Å²) in [6.45, 7) is 44.3. The molecule has 5 heteroatoms. The van der Waals surface area contributed by atoms with Gasteiger partial charge in [0.1, 0.15) is 0 Å². The van der Waals surface area contributed by atoms with Gasteiger partial charge in [0.25, 0.3) is 0 Å². The molecular weight excluding hydrogens is 760 g/mol. The largest absolute Gasteiger partial charge is 0.412 e. The van der Waals surface area contributed by atoms with E-state index in [1.165, 1.54) is 101 Å². The smallest absolute Gasteiger partial charge is 0.412 e. The van der Waals surface area contributed by atoms with Crippen LogP contribution >= 0.6 is 8.20 Å². The number of hydrogen-bond acceptors (Lipinski definition) is 1. The van der Waals surface area contributed by atoms with Crippen LogP contribution in [0.5, 0.6) is 0 Å². The van der Waals surface area contributed by atoms with E-state index in [-0.39, 0.29) is 26.0 Å². The van der Waals surface area contributed by atoms with Gasteiger partial charge in [0.2, 0.25) is 0 Å². The molecule has 1 radical (unpaired) electrons. The molecule has 0 spiro atoms. The molecule has 0 saturated heterocycles. The average molecular weight is 847 g/mol. The van der Waals surface area contributed by atoms with E-state index in [1.807, 2.05) is 0 Å². The number of amidine groups is 1. The monoisotopic (exact) mass is 848 g/mol. The van der Waals surface area contributed by atoms with Crippen molar-refractivity contribution < 1.29 is 5.48 Å². The maximum Gasteiger partial charge on any atom is -0.412 e. The quantitative estimate of drug-likeness (QED) is 0.116. The van der Waals surface area contributed by atoms with E-state index in [9.17, 15) is 0 Å². The van der Waals surface area contributed by atoms with Crippen molar-refractivity contribution in [2.24, 2.45) is 4.99 Å². The van der Waals surface area contributed by atoms with Crippen molar-refractivity contribution in [3.8, 4) is 0 Å². The van der Waals surface area contributed by atoms with Crippen LogP contribution in [0, 0.1) is 0 Å². The fourth-order valence-electron chi connectivity index (χ4n) is 8.76. The van der Waals surface area contributed by atoms with Crippen molar-refractivity contribution >= 4 is 42.2 Å². The third-order valence-electron chi connectivity index (χ3n) is 12.2. The molecular formula is C51H86GeN2OP. The fourth-order valence-corrected chi connectivity index (χ4v) is 21.2. The molecule has 2 aliphatic rings. The van der Waals surface area contributed by atoms with E-state index in [4.69, 9.17) is 4.99 Å². The van der Waals surface area contributed by atoms with Crippen molar-refractivity contribution in [2.45, 2.75) is 239 Å². The van der Waals surface area contributed by atoms with Gasteiger partial charge in [0.15, 0.2) is 0 Å². The molecule has 3 nitrogen and oxygen atoms in total. The van der Waals surface area contributed by atoms with E-state index in [0.717, 1.165) is 0 Å². The summed E-state index contributed by atoms with van der Waals surface area (Å²) in [5, 5.41) is 5.92. The number of aliphatic imine (C=N–C) groups is 1. The van der Waals surface area contributed by atoms with Crippen LogP contribution in [0.3, 0.4) is 0 Å². The molecule has 2 aromatic carbocycles. The van der Waals surface area contributed by atoms with Gasteiger partial charge in [-0.05, 0) is 0 Å². The van der Waals surface area contributed by atoms with Crippen LogP contribution in [0.4, 0.5) is 0 Å². The van der Waals surface area contributed by atoms with Crippen LogP contribution in [0.2, 0.25) is 4.25 Å². The Labute approximate surface area is 353 Å². The number of benzene rings is 2. The summed E-state index contributed by atoms with van der Waals surface area (Å²) in [5.41, 5.74) is 9.29. The molecule has 0 aromatic heterocycles. The van der Waals surface area contributed by atoms with Gasteiger partial charge in [-0.2, -0.15) is 0 Å². The molecule has 3 N–H and O–H groups in total. The average Bonchev–Trinajstić information content (AvgIpc) is 3.06. The van der Waals surface area contributed by atoms with Crippen LogP contribution in [0.1, 0.15) is 240 Å². The third-order valence-corrected chi connectivity index (χ3v) is 22.1. The van der Waals surface area contributed by atoms with Gasteiger partial charge < -0.3 is 5.48 Å². The van der Waals surface area contributed by atoms with E-state index in [0.29, 0.717) is 29.8 Å². The minimum Gasteiger partial charge on any atom is -0.412 e. The van der Waals surface area contributed by atoms with Crippen molar-refractivity contribution in [1.82, 2.24) is 5.32 Å². The molecule has 0 atom stereocenters. The van der Waals surface area contributed by atoms with Crippen LogP contribution in [0.25, 0.3) is 0 Å². The molecule has 0 amide bonds. The standard InChI is InChI=1S/C51H84GeN2P.H2O/c1-33(2)36-29-40(34(3)4)44(41(30-36)35(5)6)52(51(16,17)18)46(47(53-38-25-21-19-22-26-38)54-39-27-23-20-24-28-39)55-45-42(49(10,11)12)31-37(48(7,8)9)32-43(45)50(13,14)15;/h29-35,38-39H,19-28H2,1-18H3,(H,53,54);1H2. The summed E-state index contributed by atoms with van der Waals surface area (Å²) in [4.78, 5) is 6.02. The Balaban J connectivity index is 0.00000841. The molecule has 2 saturated carbocycles. The summed E-state index contributed by atoms with van der Waals surface area (Å²) in [5.74, 6) is 2.73. The second kappa shape index (κ2) is 19.3. The Hall–Kier alpha value is -1.42. The van der Waals surface area contributed by atoms with Crippen LogP contribution in [0.15, 0.2) is 29.3 Å². The normalized spacial score (nSPS) is 17.7. The van der Waals surface area contributed by atoms with E-state index < -0.39 is 14.3 Å². The van der Waals surface area contributed by atoms with Crippen molar-refractivity contribution in [3.63, 3.8) is 0 Å². The van der Waals surface area contributed by atoms with Gasteiger partial charge in [-0.25, -0.2) is 0 Å². The molecule has 2 fully saturated rings. The minimum atomic E-state index is -2.43. The number of rotatable bonds is 9. The van der Waals surface area contributed by atoms with Crippen molar-refractivity contribution in [2.75, 3.05) is 0 Å². The molecule has 0 heterocycles. The molecule has 4 rings (SSSR count). The molecule has 2 aromatic rings. The summed E-state index contributed by atoms with van der Waals surface area (Å²) < 4.78 is 3.53. The van der Waals surface area contributed by atoms with Gasteiger partial charge in [-0.15, -0.1) is 0 Å². The predicted molar refractivity (Wildman–Crippen MR) is 256 cm³/mol. The first-order chi connectivity index (χ1) is 25.3. The van der Waals surface area contributed by atoms with E-state index >= 15 is 0 Å². The first-order valence-corrected chi connectivity index (χ1v) is 26.5. The maximum absolute atomic E-state index is 6.02. The molecule has 0 aliphatic heterocycles. The topological polar surface area (TPSA) is 55.9 Å². The summed E-state index contributed by atoms with van der Waals surface area (Å²) >= 11 is -2.43. The van der Waals surface area contributed by atoms with Gasteiger partial charge in [-0.1, -0.05) is 0 Å². The first-order valence-electron chi connectivity index (χ1n) is 22.5. The van der Waals surface area contributed by atoms with Gasteiger partial charge in [-0.3, -0.25) is 0 Å². The minimum absolute atomic E-state index is 0. The summed E-state index contributed by atoms with van der Waals surface area (Å²) in [7, 11) is 1.39. The second-order valence-corrected chi connectivity index (χ2v) is 31.4. The third kappa shape index (κ3) is 12.3. The SMILES string of the molecule is CC(C)c1cc(C(C)C)[c]([Ge]([C](=Pc2c(C(C)(C)C)cc(C(C)(C)C)cc2C(C)(C)C)C(=NC2CCCCC2)NC2CCCCC2)[C](C)(C)C)c(C(C)C)c1.O. The number of nitrogens with one attached hydrogen (secondary N) is 1. The Bertz CT molecular complexity index is 1600. The zero-order chi connectivity index (χ0) is 41.3. The Morgan fingerprint density at radius 2 is 1.07 bits per heavy atom. The summed E-state index contributed by atoms with van der Waals surface area (Å²) in [6, 6.07) is 11.4. The molecule has 56 heavy (non-hydrogen) atoms. The van der Waals surface area contributed by atoms with Gasteiger partial charge >= 0.3 is 349 Å². The van der Waals surface area contributed by atoms with E-state index in [1.54, 1.807) is 25.0 Å². The van der Waals surface area contributed by atoms with Crippen LogP contribution in [-0.2, 0) is 16.2 Å². The van der Waals surface area contributed by atoms with Crippen molar-refractivity contribution in [3.05, 3.63) is 57.6 Å². The molecule has 2 aliphatic carbocycles. The van der Waals surface area contributed by atoms with Crippen LogP contribution in [-0.4, -0.2) is 41.9 Å². The fraction of sp³-hybridized carbons (Fsp3) is 0.725. The number of nitrogens with zero attached hydrogens (tertiary/aromatic N) is 1. The Kier molecular flexibility index (Phi) is 16.9. The Morgan fingerprint density at radius 1 is 0.625 bits per heavy atom.